The zero-order chi connectivity index (χ0) is 17.0. The molecule has 0 unspecified atom stereocenters. The molecule has 2 saturated heterocycles. The van der Waals surface area contributed by atoms with E-state index in [1.165, 1.54) is 10.6 Å². The number of carbonyl (C=O) groups excluding carboxylic acids is 2. The van der Waals surface area contributed by atoms with Gasteiger partial charge in [0.15, 0.2) is 0 Å². The summed E-state index contributed by atoms with van der Waals surface area (Å²) in [5.41, 5.74) is 0. The van der Waals surface area contributed by atoms with Crippen molar-refractivity contribution in [2.75, 3.05) is 52.1 Å². The average molecular weight is 347 g/mol. The van der Waals surface area contributed by atoms with Gasteiger partial charge in [-0.2, -0.15) is 0 Å². The van der Waals surface area contributed by atoms with E-state index in [9.17, 15) is 18.0 Å². The molecule has 0 N–H and O–H groups in total. The Morgan fingerprint density at radius 1 is 1.09 bits per heavy atom. The number of amides is 2. The molecule has 0 spiro atoms. The Kier molecular flexibility index (Phi) is 5.85. The van der Waals surface area contributed by atoms with Crippen molar-refractivity contribution in [2.24, 2.45) is 5.92 Å². The molecule has 8 nitrogen and oxygen atoms in total. The van der Waals surface area contributed by atoms with Crippen LogP contribution in [0, 0.1) is 5.92 Å². The lowest BCUT2D eigenvalue weighted by Gasteiger charge is -2.38. The first-order chi connectivity index (χ1) is 10.8. The van der Waals surface area contributed by atoms with Crippen LogP contribution < -0.4 is 0 Å². The summed E-state index contributed by atoms with van der Waals surface area (Å²) in [6.45, 7) is 4.67. The van der Waals surface area contributed by atoms with E-state index in [2.05, 4.69) is 0 Å². The highest BCUT2D eigenvalue weighted by molar-refractivity contribution is 7.88. The van der Waals surface area contributed by atoms with E-state index in [0.717, 1.165) is 0 Å². The number of ether oxygens (including phenoxy) is 1. The number of nitrogens with zero attached hydrogens (tertiary/aromatic N) is 3. The standard InChI is InChI=1S/C14H25N3O5S/c1-3-22-14(19)16-9-7-15(8-10-16)13(18)12-5-4-6-17(11-12)23(2,20)21/h12H,3-11H2,1-2H3/t12-/m0/s1. The van der Waals surface area contributed by atoms with Gasteiger partial charge in [-0.3, -0.25) is 4.79 Å². The number of hydrogen-bond donors (Lipinski definition) is 0. The highest BCUT2D eigenvalue weighted by Gasteiger charge is 2.34. The molecule has 132 valence electrons. The molecule has 9 heteroatoms. The monoisotopic (exact) mass is 347 g/mol. The van der Waals surface area contributed by atoms with Crippen molar-refractivity contribution in [3.8, 4) is 0 Å². The zero-order valence-electron chi connectivity index (χ0n) is 13.7. The number of sulfonamides is 1. The Balaban J connectivity index is 1.88. The summed E-state index contributed by atoms with van der Waals surface area (Å²) in [7, 11) is -3.26. The smallest absolute Gasteiger partial charge is 0.409 e. The summed E-state index contributed by atoms with van der Waals surface area (Å²) < 4.78 is 29.6. The van der Waals surface area contributed by atoms with Crippen LogP contribution in [0.2, 0.25) is 0 Å². The molecule has 0 aromatic heterocycles. The minimum atomic E-state index is -3.26. The molecule has 0 aromatic carbocycles. The van der Waals surface area contributed by atoms with Crippen LogP contribution in [0.15, 0.2) is 0 Å². The van der Waals surface area contributed by atoms with Gasteiger partial charge in [0.2, 0.25) is 15.9 Å². The Morgan fingerprint density at radius 3 is 2.26 bits per heavy atom. The summed E-state index contributed by atoms with van der Waals surface area (Å²) in [5, 5.41) is 0. The van der Waals surface area contributed by atoms with Gasteiger partial charge in [0.1, 0.15) is 0 Å². The minimum absolute atomic E-state index is 0.0122. The second-order valence-corrected chi connectivity index (χ2v) is 7.95. The Labute approximate surface area is 137 Å². The summed E-state index contributed by atoms with van der Waals surface area (Å²) in [6.07, 6.45) is 2.24. The van der Waals surface area contributed by atoms with E-state index in [1.807, 2.05) is 0 Å². The van der Waals surface area contributed by atoms with Crippen molar-refractivity contribution in [3.05, 3.63) is 0 Å². The van der Waals surface area contributed by atoms with Crippen molar-refractivity contribution in [1.29, 1.82) is 0 Å². The number of piperazine rings is 1. The maximum absolute atomic E-state index is 12.6. The van der Waals surface area contributed by atoms with Gasteiger partial charge in [-0.25, -0.2) is 17.5 Å². The van der Waals surface area contributed by atoms with Crippen LogP contribution in [0.3, 0.4) is 0 Å². The van der Waals surface area contributed by atoms with E-state index in [-0.39, 0.29) is 24.5 Å². The van der Waals surface area contributed by atoms with E-state index >= 15 is 0 Å². The van der Waals surface area contributed by atoms with Gasteiger partial charge in [-0.15, -0.1) is 0 Å². The van der Waals surface area contributed by atoms with Crippen molar-refractivity contribution in [3.63, 3.8) is 0 Å². The van der Waals surface area contributed by atoms with Gasteiger partial charge in [0.25, 0.3) is 0 Å². The summed E-state index contributed by atoms with van der Waals surface area (Å²) in [6, 6.07) is 0. The third-order valence-corrected chi connectivity index (χ3v) is 5.59. The first kappa shape index (κ1) is 18.0. The van der Waals surface area contributed by atoms with E-state index < -0.39 is 10.0 Å². The lowest BCUT2D eigenvalue weighted by molar-refractivity contribution is -0.138. The molecule has 23 heavy (non-hydrogen) atoms. The Bertz CT molecular complexity index is 543. The van der Waals surface area contributed by atoms with Gasteiger partial charge in [0, 0.05) is 39.3 Å². The molecule has 0 aromatic rings. The van der Waals surface area contributed by atoms with Gasteiger partial charge in [-0.05, 0) is 19.8 Å². The van der Waals surface area contributed by atoms with Gasteiger partial charge in [-0.1, -0.05) is 0 Å². The van der Waals surface area contributed by atoms with E-state index in [1.54, 1.807) is 16.7 Å². The summed E-state index contributed by atoms with van der Waals surface area (Å²) in [4.78, 5) is 27.6. The fourth-order valence-electron chi connectivity index (χ4n) is 3.03. The molecule has 0 saturated carbocycles. The quantitative estimate of drug-likeness (QED) is 0.715. The lowest BCUT2D eigenvalue weighted by atomic mass is 9.98. The average Bonchev–Trinajstić information content (AvgIpc) is 2.54. The maximum Gasteiger partial charge on any atom is 0.409 e. The van der Waals surface area contributed by atoms with Crippen LogP contribution in [0.1, 0.15) is 19.8 Å². The Hall–Kier alpha value is -1.35. The lowest BCUT2D eigenvalue weighted by Crippen LogP contribution is -2.54. The topological polar surface area (TPSA) is 87.2 Å². The van der Waals surface area contributed by atoms with E-state index in [4.69, 9.17) is 4.74 Å². The van der Waals surface area contributed by atoms with Crippen LogP contribution >= 0.6 is 0 Å². The third kappa shape index (κ3) is 4.57. The van der Waals surface area contributed by atoms with Gasteiger partial charge < -0.3 is 14.5 Å². The predicted molar refractivity (Wildman–Crippen MR) is 84.3 cm³/mol. The van der Waals surface area contributed by atoms with Crippen LogP contribution in [0.4, 0.5) is 4.79 Å². The fourth-order valence-corrected chi connectivity index (χ4v) is 3.94. The van der Waals surface area contributed by atoms with Crippen LogP contribution in [-0.2, 0) is 19.6 Å². The molecule has 2 heterocycles. The summed E-state index contributed by atoms with van der Waals surface area (Å²) in [5.74, 6) is -0.297. The van der Waals surface area contributed by atoms with Crippen molar-refractivity contribution < 1.29 is 22.7 Å². The Morgan fingerprint density at radius 2 is 1.70 bits per heavy atom. The van der Waals surface area contributed by atoms with Crippen LogP contribution in [0.5, 0.6) is 0 Å². The van der Waals surface area contributed by atoms with Crippen molar-refractivity contribution >= 4 is 22.0 Å². The SMILES string of the molecule is CCOC(=O)N1CCN(C(=O)[C@H]2CCCN(S(C)(=O)=O)C2)CC1. The first-order valence-electron chi connectivity index (χ1n) is 7.98. The van der Waals surface area contributed by atoms with E-state index in [0.29, 0.717) is 52.2 Å². The molecular weight excluding hydrogens is 322 g/mol. The first-order valence-corrected chi connectivity index (χ1v) is 9.83. The van der Waals surface area contributed by atoms with Gasteiger partial charge in [0.05, 0.1) is 18.8 Å². The molecule has 2 aliphatic rings. The summed E-state index contributed by atoms with van der Waals surface area (Å²) >= 11 is 0. The highest BCUT2D eigenvalue weighted by Crippen LogP contribution is 2.21. The molecular formula is C14H25N3O5S. The second kappa shape index (κ2) is 7.48. The molecule has 1 atom stereocenters. The highest BCUT2D eigenvalue weighted by atomic mass is 32.2. The normalized spacial score (nSPS) is 23.7. The molecule has 2 rings (SSSR count). The predicted octanol–water partition coefficient (Wildman–Crippen LogP) is -0.0413. The maximum atomic E-state index is 12.6. The molecule has 0 radical (unpaired) electrons. The number of hydrogen-bond acceptors (Lipinski definition) is 5. The largest absolute Gasteiger partial charge is 0.450 e. The molecule has 0 bridgehead atoms. The van der Waals surface area contributed by atoms with Crippen molar-refractivity contribution in [1.82, 2.24) is 14.1 Å². The van der Waals surface area contributed by atoms with Gasteiger partial charge >= 0.3 is 6.09 Å². The third-order valence-electron chi connectivity index (χ3n) is 4.32. The minimum Gasteiger partial charge on any atom is -0.450 e. The number of carbonyl (C=O) groups is 2. The number of rotatable bonds is 3. The van der Waals surface area contributed by atoms with Crippen LogP contribution in [0.25, 0.3) is 0 Å². The number of piperidine rings is 1. The molecule has 2 fully saturated rings. The molecule has 0 aliphatic carbocycles. The molecule has 2 aliphatic heterocycles. The zero-order valence-corrected chi connectivity index (χ0v) is 14.5. The fraction of sp³-hybridized carbons (Fsp3) is 0.857. The second-order valence-electron chi connectivity index (χ2n) is 5.97. The van der Waals surface area contributed by atoms with Crippen molar-refractivity contribution in [2.45, 2.75) is 19.8 Å². The molecule has 2 amide bonds. The van der Waals surface area contributed by atoms with Crippen LogP contribution in [-0.4, -0.2) is 86.7 Å².